The normalized spacial score (nSPS) is 12.3. The number of carbonyl (C=O) groups is 1. The summed E-state index contributed by atoms with van der Waals surface area (Å²) in [5, 5.41) is 6.28. The number of thiophene rings is 1. The van der Waals surface area contributed by atoms with Crippen LogP contribution in [0.3, 0.4) is 0 Å². The van der Waals surface area contributed by atoms with E-state index < -0.39 is 0 Å². The van der Waals surface area contributed by atoms with E-state index in [-0.39, 0.29) is 11.9 Å². The number of nitrogens with two attached hydrogens (primary N) is 1. The van der Waals surface area contributed by atoms with E-state index in [4.69, 9.17) is 5.73 Å². The molecule has 0 aliphatic heterocycles. The van der Waals surface area contributed by atoms with Crippen molar-refractivity contribution >= 4 is 22.9 Å². The number of nitrogens with zero attached hydrogens (tertiary/aromatic N) is 3. The molecular weight excluding hydrogens is 272 g/mol. The molecule has 0 spiro atoms. The Labute approximate surface area is 123 Å². The number of likely N-dealkylation sites (N-methyl/N-ethyl adjacent to an activating group) is 1. The van der Waals surface area contributed by atoms with Gasteiger partial charge in [-0.15, -0.1) is 11.3 Å². The SMILES string of the molecule is CCn1cc(N)c(C(=O)N(C)C(C)Cc2cccs2)n1. The van der Waals surface area contributed by atoms with Gasteiger partial charge in [0.2, 0.25) is 0 Å². The van der Waals surface area contributed by atoms with Crippen molar-refractivity contribution in [2.45, 2.75) is 32.9 Å². The van der Waals surface area contributed by atoms with Crippen molar-refractivity contribution in [3.63, 3.8) is 0 Å². The molecule has 1 amide bonds. The van der Waals surface area contributed by atoms with Crippen molar-refractivity contribution in [3.8, 4) is 0 Å². The molecule has 0 radical (unpaired) electrons. The molecule has 2 heterocycles. The summed E-state index contributed by atoms with van der Waals surface area (Å²) in [6.45, 7) is 4.69. The van der Waals surface area contributed by atoms with Gasteiger partial charge in [-0.25, -0.2) is 0 Å². The summed E-state index contributed by atoms with van der Waals surface area (Å²) in [7, 11) is 1.80. The second kappa shape index (κ2) is 6.09. The molecule has 0 aromatic carbocycles. The highest BCUT2D eigenvalue weighted by Gasteiger charge is 2.22. The first-order chi connectivity index (χ1) is 9.52. The molecule has 5 nitrogen and oxygen atoms in total. The van der Waals surface area contributed by atoms with Crippen molar-refractivity contribution in [1.29, 1.82) is 0 Å². The Kier molecular flexibility index (Phi) is 4.44. The highest BCUT2D eigenvalue weighted by atomic mass is 32.1. The first-order valence-corrected chi connectivity index (χ1v) is 7.53. The molecule has 1 unspecified atom stereocenters. The molecule has 108 valence electrons. The maximum atomic E-state index is 12.4. The number of aryl methyl sites for hydroxylation is 1. The van der Waals surface area contributed by atoms with Gasteiger partial charge in [0.05, 0.1) is 5.69 Å². The van der Waals surface area contributed by atoms with Crippen molar-refractivity contribution < 1.29 is 4.79 Å². The molecule has 0 aliphatic carbocycles. The van der Waals surface area contributed by atoms with Gasteiger partial charge in [-0.1, -0.05) is 6.07 Å². The van der Waals surface area contributed by atoms with Crippen LogP contribution in [0.15, 0.2) is 23.7 Å². The quantitative estimate of drug-likeness (QED) is 0.919. The summed E-state index contributed by atoms with van der Waals surface area (Å²) < 4.78 is 1.68. The topological polar surface area (TPSA) is 64.2 Å². The molecular formula is C14H20N4OS. The molecule has 2 aromatic heterocycles. The first-order valence-electron chi connectivity index (χ1n) is 6.65. The molecule has 0 fully saturated rings. The third-order valence-corrected chi connectivity index (χ3v) is 4.27. The van der Waals surface area contributed by atoms with E-state index in [1.165, 1.54) is 4.88 Å². The molecule has 6 heteroatoms. The Morgan fingerprint density at radius 1 is 1.60 bits per heavy atom. The number of anilines is 1. The monoisotopic (exact) mass is 292 g/mol. The zero-order chi connectivity index (χ0) is 14.7. The van der Waals surface area contributed by atoms with Crippen molar-refractivity contribution in [3.05, 3.63) is 34.3 Å². The van der Waals surface area contributed by atoms with E-state index in [1.807, 2.05) is 25.3 Å². The van der Waals surface area contributed by atoms with Crippen LogP contribution >= 0.6 is 11.3 Å². The van der Waals surface area contributed by atoms with Gasteiger partial charge in [-0.3, -0.25) is 9.48 Å². The van der Waals surface area contributed by atoms with Crippen molar-refractivity contribution in [1.82, 2.24) is 14.7 Å². The van der Waals surface area contributed by atoms with Crippen LogP contribution in [0.4, 0.5) is 5.69 Å². The molecule has 0 saturated carbocycles. The van der Waals surface area contributed by atoms with Gasteiger partial charge in [-0.05, 0) is 25.3 Å². The summed E-state index contributed by atoms with van der Waals surface area (Å²) in [4.78, 5) is 15.4. The largest absolute Gasteiger partial charge is 0.396 e. The van der Waals surface area contributed by atoms with E-state index in [2.05, 4.69) is 11.2 Å². The average molecular weight is 292 g/mol. The summed E-state index contributed by atoms with van der Waals surface area (Å²) in [5.74, 6) is -0.126. The predicted octanol–water partition coefficient (Wildman–Crippen LogP) is 2.25. The van der Waals surface area contributed by atoms with Crippen LogP contribution in [0.25, 0.3) is 0 Å². The predicted molar refractivity (Wildman–Crippen MR) is 81.9 cm³/mol. The number of hydrogen-bond donors (Lipinski definition) is 1. The van der Waals surface area contributed by atoms with Gasteiger partial charge in [-0.2, -0.15) is 5.10 Å². The molecule has 0 bridgehead atoms. The van der Waals surface area contributed by atoms with Crippen LogP contribution in [0.2, 0.25) is 0 Å². The molecule has 2 rings (SSSR count). The summed E-state index contributed by atoms with van der Waals surface area (Å²) >= 11 is 1.70. The molecule has 2 N–H and O–H groups in total. The summed E-state index contributed by atoms with van der Waals surface area (Å²) in [5.41, 5.74) is 6.64. The lowest BCUT2D eigenvalue weighted by molar-refractivity contribution is 0.0738. The van der Waals surface area contributed by atoms with Gasteiger partial charge in [0.25, 0.3) is 5.91 Å². The number of hydrogen-bond acceptors (Lipinski definition) is 4. The fourth-order valence-corrected chi connectivity index (χ4v) is 2.82. The average Bonchev–Trinajstić information content (AvgIpc) is 3.06. The first kappa shape index (κ1) is 14.6. The van der Waals surface area contributed by atoms with E-state index in [0.29, 0.717) is 17.9 Å². The van der Waals surface area contributed by atoms with Crippen molar-refractivity contribution in [2.75, 3.05) is 12.8 Å². The van der Waals surface area contributed by atoms with Gasteiger partial charge in [0.1, 0.15) is 0 Å². The Balaban J connectivity index is 2.09. The maximum Gasteiger partial charge on any atom is 0.276 e. The summed E-state index contributed by atoms with van der Waals surface area (Å²) in [6, 6.07) is 4.21. The van der Waals surface area contributed by atoms with E-state index in [0.717, 1.165) is 6.42 Å². The maximum absolute atomic E-state index is 12.4. The Morgan fingerprint density at radius 2 is 2.35 bits per heavy atom. The zero-order valence-electron chi connectivity index (χ0n) is 12.0. The van der Waals surface area contributed by atoms with Crippen molar-refractivity contribution in [2.24, 2.45) is 0 Å². The lowest BCUT2D eigenvalue weighted by Crippen LogP contribution is -2.36. The van der Waals surface area contributed by atoms with E-state index in [1.54, 1.807) is 34.2 Å². The minimum atomic E-state index is -0.126. The van der Waals surface area contributed by atoms with Gasteiger partial charge >= 0.3 is 0 Å². The fourth-order valence-electron chi connectivity index (χ4n) is 1.99. The van der Waals surface area contributed by atoms with Crippen LogP contribution in [0, 0.1) is 0 Å². The number of amides is 1. The fraction of sp³-hybridized carbons (Fsp3) is 0.429. The summed E-state index contributed by atoms with van der Waals surface area (Å²) in [6.07, 6.45) is 2.54. The highest BCUT2D eigenvalue weighted by molar-refractivity contribution is 7.09. The van der Waals surface area contributed by atoms with E-state index in [9.17, 15) is 4.79 Å². The lowest BCUT2D eigenvalue weighted by Gasteiger charge is -2.24. The molecule has 0 aliphatic rings. The Morgan fingerprint density at radius 3 is 2.90 bits per heavy atom. The smallest absolute Gasteiger partial charge is 0.276 e. The van der Waals surface area contributed by atoms with Crippen LogP contribution in [-0.4, -0.2) is 33.7 Å². The van der Waals surface area contributed by atoms with E-state index >= 15 is 0 Å². The third-order valence-electron chi connectivity index (χ3n) is 3.37. The molecule has 2 aromatic rings. The minimum Gasteiger partial charge on any atom is -0.396 e. The number of nitrogen functional groups attached to an aromatic ring is 1. The number of aromatic nitrogens is 2. The Hall–Kier alpha value is -1.82. The third kappa shape index (κ3) is 3.01. The second-order valence-electron chi connectivity index (χ2n) is 4.84. The van der Waals surface area contributed by atoms with Crippen LogP contribution in [0.5, 0.6) is 0 Å². The number of rotatable bonds is 5. The number of carbonyl (C=O) groups excluding carboxylic acids is 1. The molecule has 0 saturated heterocycles. The van der Waals surface area contributed by atoms with Crippen LogP contribution < -0.4 is 5.73 Å². The molecule has 20 heavy (non-hydrogen) atoms. The van der Waals surface area contributed by atoms with Crippen LogP contribution in [-0.2, 0) is 13.0 Å². The second-order valence-corrected chi connectivity index (χ2v) is 5.87. The van der Waals surface area contributed by atoms with Gasteiger partial charge < -0.3 is 10.6 Å². The zero-order valence-corrected chi connectivity index (χ0v) is 12.9. The minimum absolute atomic E-state index is 0.104. The van der Waals surface area contributed by atoms with Crippen LogP contribution in [0.1, 0.15) is 29.2 Å². The van der Waals surface area contributed by atoms with Gasteiger partial charge in [0.15, 0.2) is 5.69 Å². The highest BCUT2D eigenvalue weighted by Crippen LogP contribution is 2.17. The Bertz CT molecular complexity index is 576. The lowest BCUT2D eigenvalue weighted by atomic mass is 10.1. The molecule has 1 atom stereocenters. The van der Waals surface area contributed by atoms with Gasteiger partial charge in [0, 0.05) is 37.1 Å². The standard InChI is InChI=1S/C14H20N4OS/c1-4-18-9-12(15)13(16-18)14(19)17(3)10(2)8-11-6-5-7-20-11/h5-7,9-10H,4,8,15H2,1-3H3.